The highest BCUT2D eigenvalue weighted by atomic mass is 15.3. The van der Waals surface area contributed by atoms with Gasteiger partial charge in [-0.2, -0.15) is 14.9 Å². The van der Waals surface area contributed by atoms with Gasteiger partial charge in [-0.15, -0.1) is 0 Å². The largest absolute Gasteiger partial charge is 0.317 e. The Hall–Kier alpha value is -2.60. The van der Waals surface area contributed by atoms with Crippen molar-refractivity contribution < 1.29 is 4.90 Å². The maximum absolute atomic E-state index is 4.69. The van der Waals surface area contributed by atoms with E-state index in [1.54, 1.807) is 18.6 Å². The molecule has 0 fully saturated rings. The zero-order chi connectivity index (χ0) is 13.7. The van der Waals surface area contributed by atoms with Gasteiger partial charge in [0.15, 0.2) is 5.69 Å². The van der Waals surface area contributed by atoms with Crippen LogP contribution in [0.5, 0.6) is 0 Å². The number of quaternary nitrogens is 1. The van der Waals surface area contributed by atoms with Gasteiger partial charge in [-0.25, -0.2) is 0 Å². The van der Waals surface area contributed by atoms with Gasteiger partial charge in [0.1, 0.15) is 11.2 Å². The minimum atomic E-state index is 0.835. The maximum atomic E-state index is 4.69. The first-order valence-corrected chi connectivity index (χ1v) is 6.43. The van der Waals surface area contributed by atoms with Gasteiger partial charge in [-0.1, -0.05) is 0 Å². The van der Waals surface area contributed by atoms with Gasteiger partial charge in [0.25, 0.3) is 0 Å². The minimum absolute atomic E-state index is 0.835. The monoisotopic (exact) mass is 265 g/mol. The predicted octanol–water partition coefficient (Wildman–Crippen LogP) is 1.57. The molecular weight excluding hydrogens is 252 g/mol. The molecule has 0 spiro atoms. The molecule has 3 aromatic heterocycles. The average Bonchev–Trinajstić information content (AvgIpc) is 2.99. The lowest BCUT2D eigenvalue weighted by Crippen LogP contribution is -3.04. The fourth-order valence-corrected chi connectivity index (χ4v) is 2.60. The summed E-state index contributed by atoms with van der Waals surface area (Å²) in [7, 11) is 0. The standard InChI is InChI=1S/C14H12N6/c1-8-13-10(3-6-16-8)18-14(19-13)20-9(2)17-11-7-15-5-4-12(11)20/h3-7H,1-2H3,(H,18,19)/p+1. The highest BCUT2D eigenvalue weighted by Crippen LogP contribution is 2.25. The van der Waals surface area contributed by atoms with E-state index >= 15 is 0 Å². The molecule has 1 aliphatic rings. The molecule has 20 heavy (non-hydrogen) atoms. The summed E-state index contributed by atoms with van der Waals surface area (Å²) >= 11 is 0. The average molecular weight is 265 g/mol. The second kappa shape index (κ2) is 3.94. The molecule has 0 amide bonds. The van der Waals surface area contributed by atoms with Gasteiger partial charge in [0.05, 0.1) is 17.4 Å². The molecule has 0 aromatic carbocycles. The Kier molecular flexibility index (Phi) is 2.22. The fourth-order valence-electron chi connectivity index (χ4n) is 2.60. The van der Waals surface area contributed by atoms with Gasteiger partial charge >= 0.3 is 5.95 Å². The van der Waals surface area contributed by atoms with Crippen LogP contribution in [0.2, 0.25) is 0 Å². The third-order valence-corrected chi connectivity index (χ3v) is 3.54. The number of hydrogen-bond donors (Lipinski definition) is 2. The fraction of sp³-hybridized carbons (Fsp3) is 0.143. The summed E-state index contributed by atoms with van der Waals surface area (Å²) in [5, 5.41) is 0. The number of imidazole rings is 1. The second-order valence-electron chi connectivity index (χ2n) is 4.84. The van der Waals surface area contributed by atoms with Crippen molar-refractivity contribution in [3.8, 4) is 0 Å². The predicted molar refractivity (Wildman–Crippen MR) is 75.9 cm³/mol. The van der Waals surface area contributed by atoms with E-state index in [1.165, 1.54) is 0 Å². The molecule has 0 aliphatic carbocycles. The zero-order valence-electron chi connectivity index (χ0n) is 11.2. The number of pyridine rings is 2. The Balaban J connectivity index is 1.92. The third kappa shape index (κ3) is 1.48. The summed E-state index contributed by atoms with van der Waals surface area (Å²) in [6, 6.07) is 3.91. The van der Waals surface area contributed by atoms with Crippen molar-refractivity contribution in [1.82, 2.24) is 19.9 Å². The van der Waals surface area contributed by atoms with E-state index in [2.05, 4.69) is 24.9 Å². The number of hydrogen-bond acceptors (Lipinski definition) is 4. The van der Waals surface area contributed by atoms with E-state index in [1.807, 2.05) is 26.0 Å². The smallest absolute Gasteiger partial charge is 0.291 e. The first-order chi connectivity index (χ1) is 9.74. The normalized spacial score (nSPS) is 17.3. The van der Waals surface area contributed by atoms with E-state index in [4.69, 9.17) is 0 Å². The van der Waals surface area contributed by atoms with Gasteiger partial charge in [-0.05, 0) is 13.0 Å². The van der Waals surface area contributed by atoms with Crippen molar-refractivity contribution in [3.05, 3.63) is 36.4 Å². The highest BCUT2D eigenvalue weighted by molar-refractivity contribution is 5.86. The van der Waals surface area contributed by atoms with Crippen LogP contribution in [0.1, 0.15) is 12.6 Å². The molecule has 0 bridgehead atoms. The Morgan fingerprint density at radius 2 is 2.05 bits per heavy atom. The number of aryl methyl sites for hydroxylation is 1. The Labute approximate surface area is 115 Å². The van der Waals surface area contributed by atoms with Crippen molar-refractivity contribution in [2.75, 3.05) is 0 Å². The lowest BCUT2D eigenvalue weighted by Gasteiger charge is -2.08. The molecule has 1 unspecified atom stereocenters. The van der Waals surface area contributed by atoms with Crippen LogP contribution in [-0.4, -0.2) is 25.8 Å². The van der Waals surface area contributed by atoms with Crippen molar-refractivity contribution in [1.29, 1.82) is 0 Å². The molecule has 0 saturated heterocycles. The topological polar surface area (TPSA) is 71.3 Å². The first-order valence-electron chi connectivity index (χ1n) is 6.43. The Morgan fingerprint density at radius 3 is 2.90 bits per heavy atom. The van der Waals surface area contributed by atoms with E-state index < -0.39 is 0 Å². The van der Waals surface area contributed by atoms with E-state index in [0.29, 0.717) is 0 Å². The van der Waals surface area contributed by atoms with Crippen LogP contribution in [-0.2, 0) is 0 Å². The Bertz CT molecular complexity index is 848. The lowest BCUT2D eigenvalue weighted by molar-refractivity contribution is -0.653. The number of nitrogens with zero attached hydrogens (tertiary/aromatic N) is 4. The molecular formula is C14H13N6+. The summed E-state index contributed by atoms with van der Waals surface area (Å²) in [4.78, 5) is 22.0. The van der Waals surface area contributed by atoms with Crippen molar-refractivity contribution in [2.45, 2.75) is 13.8 Å². The summed E-state index contributed by atoms with van der Waals surface area (Å²) in [5.41, 5.74) is 4.80. The summed E-state index contributed by atoms with van der Waals surface area (Å²) < 4.78 is 0. The van der Waals surface area contributed by atoms with E-state index in [9.17, 15) is 0 Å². The van der Waals surface area contributed by atoms with E-state index in [0.717, 1.165) is 44.8 Å². The number of aromatic amines is 1. The molecule has 2 N–H and O–H groups in total. The number of fused-ring (bicyclic) bond motifs is 2. The zero-order valence-corrected chi connectivity index (χ0v) is 11.2. The number of H-pyrrole nitrogens is 1. The number of rotatable bonds is 1. The van der Waals surface area contributed by atoms with Crippen molar-refractivity contribution in [3.63, 3.8) is 0 Å². The van der Waals surface area contributed by atoms with Crippen LogP contribution in [0.4, 0.5) is 17.3 Å². The highest BCUT2D eigenvalue weighted by Gasteiger charge is 2.31. The van der Waals surface area contributed by atoms with Gasteiger partial charge in [0.2, 0.25) is 5.84 Å². The lowest BCUT2D eigenvalue weighted by atomic mass is 10.3. The number of nitrogens with one attached hydrogen (secondary N) is 2. The summed E-state index contributed by atoms with van der Waals surface area (Å²) in [6.07, 6.45) is 5.35. The van der Waals surface area contributed by atoms with E-state index in [-0.39, 0.29) is 0 Å². The molecule has 4 rings (SSSR count). The van der Waals surface area contributed by atoms with Crippen LogP contribution in [0.15, 0.2) is 35.7 Å². The molecule has 4 heterocycles. The summed E-state index contributed by atoms with van der Waals surface area (Å²) in [6.45, 7) is 3.96. The number of amidine groups is 1. The van der Waals surface area contributed by atoms with Crippen LogP contribution in [0, 0.1) is 6.92 Å². The summed E-state index contributed by atoms with van der Waals surface area (Å²) in [5.74, 6) is 1.79. The molecule has 6 nitrogen and oxygen atoms in total. The van der Waals surface area contributed by atoms with Crippen molar-refractivity contribution >= 4 is 34.2 Å². The minimum Gasteiger partial charge on any atom is -0.291 e. The van der Waals surface area contributed by atoms with Gasteiger partial charge in [-0.3, -0.25) is 15.0 Å². The molecule has 6 heteroatoms. The molecule has 0 saturated carbocycles. The van der Waals surface area contributed by atoms with Crippen LogP contribution < -0.4 is 4.90 Å². The third-order valence-electron chi connectivity index (χ3n) is 3.54. The molecule has 1 atom stereocenters. The van der Waals surface area contributed by atoms with Crippen LogP contribution in [0.3, 0.4) is 0 Å². The second-order valence-corrected chi connectivity index (χ2v) is 4.84. The number of aromatic nitrogens is 4. The van der Waals surface area contributed by atoms with Gasteiger partial charge < -0.3 is 0 Å². The first kappa shape index (κ1) is 11.2. The number of aliphatic imine (C=N–C) groups is 1. The van der Waals surface area contributed by atoms with Crippen molar-refractivity contribution in [2.24, 2.45) is 4.99 Å². The molecule has 0 radical (unpaired) electrons. The molecule has 1 aliphatic heterocycles. The quantitative estimate of drug-likeness (QED) is 0.701. The van der Waals surface area contributed by atoms with Crippen LogP contribution >= 0.6 is 0 Å². The SMILES string of the molecule is CC1=Nc2cnccc2[NH+]1c1nc2c(C)nccc2[nH]1. The Morgan fingerprint density at radius 1 is 1.15 bits per heavy atom. The van der Waals surface area contributed by atoms with Gasteiger partial charge in [0, 0.05) is 25.4 Å². The van der Waals surface area contributed by atoms with Crippen LogP contribution in [0.25, 0.3) is 11.0 Å². The molecule has 3 aromatic rings. The maximum Gasteiger partial charge on any atom is 0.317 e. The molecule has 98 valence electrons.